The van der Waals surface area contributed by atoms with Crippen LogP contribution in [0.2, 0.25) is 5.02 Å². The third-order valence-corrected chi connectivity index (χ3v) is 2.06. The van der Waals surface area contributed by atoms with Gasteiger partial charge in [-0.05, 0) is 31.2 Å². The van der Waals surface area contributed by atoms with Crippen LogP contribution < -0.4 is 5.73 Å². The van der Waals surface area contributed by atoms with Gasteiger partial charge in [0, 0.05) is 10.6 Å². The lowest BCUT2D eigenvalue weighted by Crippen LogP contribution is -2.04. The summed E-state index contributed by atoms with van der Waals surface area (Å²) in [5.41, 5.74) is 5.35. The first-order chi connectivity index (χ1) is 6.15. The maximum Gasteiger partial charge on any atom is 0.128 e. The molecule has 4 heteroatoms. The summed E-state index contributed by atoms with van der Waals surface area (Å²) in [5.74, 6) is -0.487. The minimum absolute atomic E-state index is 0.156. The highest BCUT2D eigenvalue weighted by atomic mass is 35.5. The summed E-state index contributed by atoms with van der Waals surface area (Å²) in [6, 6.07) is 3.64. The largest absolute Gasteiger partial charge is 0.330 e. The van der Waals surface area contributed by atoms with Crippen molar-refractivity contribution in [3.8, 4) is 0 Å². The van der Waals surface area contributed by atoms with Crippen molar-refractivity contribution < 1.29 is 8.78 Å². The summed E-state index contributed by atoms with van der Waals surface area (Å²) < 4.78 is 25.9. The maximum absolute atomic E-state index is 13.2. The molecule has 0 saturated carbocycles. The van der Waals surface area contributed by atoms with Gasteiger partial charge in [0.1, 0.15) is 12.0 Å². The molecule has 0 bridgehead atoms. The van der Waals surface area contributed by atoms with Crippen LogP contribution in [0, 0.1) is 5.82 Å². The van der Waals surface area contributed by atoms with Crippen LogP contribution in [0.1, 0.15) is 18.2 Å². The molecule has 0 aromatic heterocycles. The van der Waals surface area contributed by atoms with Crippen LogP contribution in [0.15, 0.2) is 18.2 Å². The fourth-order valence-corrected chi connectivity index (χ4v) is 1.29. The highest BCUT2D eigenvalue weighted by molar-refractivity contribution is 6.31. The van der Waals surface area contributed by atoms with E-state index >= 15 is 0 Å². The van der Waals surface area contributed by atoms with Gasteiger partial charge in [0.15, 0.2) is 0 Å². The Hall–Kier alpha value is -0.670. The fraction of sp³-hybridized carbons (Fsp3) is 0.333. The maximum atomic E-state index is 13.2. The molecular weight excluding hydrogens is 196 g/mol. The van der Waals surface area contributed by atoms with Crippen molar-refractivity contribution in [1.29, 1.82) is 0 Å². The normalized spacial score (nSPS) is 12.9. The third-order valence-electron chi connectivity index (χ3n) is 1.72. The van der Waals surface area contributed by atoms with Crippen LogP contribution in [0.4, 0.5) is 8.78 Å². The second-order valence-corrected chi connectivity index (χ2v) is 3.12. The molecule has 0 amide bonds. The molecule has 1 aromatic carbocycles. The van der Waals surface area contributed by atoms with Crippen LogP contribution in [0.25, 0.3) is 0 Å². The molecule has 72 valence electrons. The summed E-state index contributed by atoms with van der Waals surface area (Å²) in [6.07, 6.45) is -1.13. The van der Waals surface area contributed by atoms with E-state index in [0.29, 0.717) is 0 Å². The van der Waals surface area contributed by atoms with Gasteiger partial charge in [-0.1, -0.05) is 11.6 Å². The number of hydrogen-bond acceptors (Lipinski definition) is 1. The molecule has 0 saturated heterocycles. The minimum Gasteiger partial charge on any atom is -0.330 e. The molecule has 0 heterocycles. The predicted octanol–water partition coefficient (Wildman–Crippen LogP) is 2.84. The predicted molar refractivity (Wildman–Crippen MR) is 48.9 cm³/mol. The van der Waals surface area contributed by atoms with Crippen molar-refractivity contribution >= 4 is 11.6 Å². The van der Waals surface area contributed by atoms with Gasteiger partial charge in [-0.15, -0.1) is 0 Å². The number of rotatable bonds is 3. The summed E-state index contributed by atoms with van der Waals surface area (Å²) in [4.78, 5) is 0. The van der Waals surface area contributed by atoms with E-state index in [1.54, 1.807) is 0 Å². The van der Waals surface area contributed by atoms with E-state index < -0.39 is 12.0 Å². The monoisotopic (exact) mass is 205 g/mol. The number of hydrogen-bond donors (Lipinski definition) is 1. The molecule has 1 unspecified atom stereocenters. The van der Waals surface area contributed by atoms with Crippen LogP contribution in [0.5, 0.6) is 0 Å². The Morgan fingerprint density at radius 3 is 2.77 bits per heavy atom. The zero-order chi connectivity index (χ0) is 9.84. The van der Waals surface area contributed by atoms with Gasteiger partial charge in [0.2, 0.25) is 0 Å². The van der Waals surface area contributed by atoms with Crippen molar-refractivity contribution in [2.24, 2.45) is 5.73 Å². The molecule has 0 aliphatic rings. The summed E-state index contributed by atoms with van der Waals surface area (Å²) in [6.45, 7) is 0.216. The molecule has 1 aromatic rings. The molecule has 0 aliphatic carbocycles. The molecule has 1 nitrogen and oxygen atoms in total. The van der Waals surface area contributed by atoms with Crippen molar-refractivity contribution in [2.75, 3.05) is 6.54 Å². The minimum atomic E-state index is -1.28. The molecule has 0 radical (unpaired) electrons. The lowest BCUT2D eigenvalue weighted by molar-refractivity contribution is 0.327. The average molecular weight is 206 g/mol. The Labute approximate surface area is 80.5 Å². The molecule has 1 rings (SSSR count). The lowest BCUT2D eigenvalue weighted by Gasteiger charge is -2.08. The van der Waals surface area contributed by atoms with Crippen LogP contribution in [-0.4, -0.2) is 6.54 Å². The van der Waals surface area contributed by atoms with Gasteiger partial charge >= 0.3 is 0 Å². The van der Waals surface area contributed by atoms with Gasteiger partial charge in [-0.2, -0.15) is 0 Å². The van der Waals surface area contributed by atoms with Crippen molar-refractivity contribution in [3.05, 3.63) is 34.6 Å². The lowest BCUT2D eigenvalue weighted by atomic mass is 10.1. The van der Waals surface area contributed by atoms with Crippen LogP contribution in [-0.2, 0) is 0 Å². The third kappa shape index (κ3) is 2.64. The molecule has 0 spiro atoms. The number of alkyl halides is 1. The topological polar surface area (TPSA) is 26.0 Å². The van der Waals surface area contributed by atoms with Gasteiger partial charge in [-0.3, -0.25) is 0 Å². The fourth-order valence-electron chi connectivity index (χ4n) is 1.06. The van der Waals surface area contributed by atoms with Gasteiger partial charge < -0.3 is 5.73 Å². The van der Waals surface area contributed by atoms with Crippen molar-refractivity contribution in [3.63, 3.8) is 0 Å². The zero-order valence-electron chi connectivity index (χ0n) is 6.93. The molecule has 0 fully saturated rings. The second-order valence-electron chi connectivity index (χ2n) is 2.71. The highest BCUT2D eigenvalue weighted by Gasteiger charge is 2.13. The Kier molecular flexibility index (Phi) is 3.63. The van der Waals surface area contributed by atoms with Gasteiger partial charge in [-0.25, -0.2) is 8.78 Å². The molecule has 0 aliphatic heterocycles. The highest BCUT2D eigenvalue weighted by Crippen LogP contribution is 2.28. The Morgan fingerprint density at radius 2 is 2.15 bits per heavy atom. The smallest absolute Gasteiger partial charge is 0.128 e. The number of halogens is 3. The summed E-state index contributed by atoms with van der Waals surface area (Å²) in [5, 5.41) is 0.238. The van der Waals surface area contributed by atoms with E-state index in [4.69, 9.17) is 17.3 Å². The molecule has 2 N–H and O–H groups in total. The Morgan fingerprint density at radius 1 is 1.46 bits per heavy atom. The van der Waals surface area contributed by atoms with E-state index in [2.05, 4.69) is 0 Å². The first-order valence-electron chi connectivity index (χ1n) is 3.94. The van der Waals surface area contributed by atoms with Crippen molar-refractivity contribution in [2.45, 2.75) is 12.6 Å². The van der Waals surface area contributed by atoms with Crippen LogP contribution in [0.3, 0.4) is 0 Å². The summed E-state index contributed by atoms with van der Waals surface area (Å²) in [7, 11) is 0. The van der Waals surface area contributed by atoms with Crippen LogP contribution >= 0.6 is 11.6 Å². The standard InChI is InChI=1S/C9H10ClF2N/c10-8-2-1-6(11)5-7(8)9(12)3-4-13/h1-2,5,9H,3-4,13H2. The van der Waals surface area contributed by atoms with Gasteiger partial charge in [0.05, 0.1) is 0 Å². The first-order valence-corrected chi connectivity index (χ1v) is 4.32. The molecule has 13 heavy (non-hydrogen) atoms. The van der Waals surface area contributed by atoms with E-state index in [1.165, 1.54) is 12.1 Å². The SMILES string of the molecule is NCCC(F)c1cc(F)ccc1Cl. The molecular formula is C9H10ClF2N. The number of benzene rings is 1. The van der Waals surface area contributed by atoms with E-state index in [-0.39, 0.29) is 23.6 Å². The average Bonchev–Trinajstić information content (AvgIpc) is 2.09. The number of nitrogens with two attached hydrogens (primary N) is 1. The van der Waals surface area contributed by atoms with Gasteiger partial charge in [0.25, 0.3) is 0 Å². The first kappa shape index (κ1) is 10.4. The Balaban J connectivity index is 2.91. The van der Waals surface area contributed by atoms with E-state index in [0.717, 1.165) is 6.07 Å². The van der Waals surface area contributed by atoms with E-state index in [1.807, 2.05) is 0 Å². The van der Waals surface area contributed by atoms with E-state index in [9.17, 15) is 8.78 Å². The quantitative estimate of drug-likeness (QED) is 0.807. The zero-order valence-corrected chi connectivity index (χ0v) is 7.69. The molecule has 1 atom stereocenters. The van der Waals surface area contributed by atoms with Crippen molar-refractivity contribution in [1.82, 2.24) is 0 Å². The second kappa shape index (κ2) is 4.53. The Bertz CT molecular complexity index is 291. The summed E-state index contributed by atoms with van der Waals surface area (Å²) >= 11 is 5.68.